The monoisotopic (exact) mass is 441 g/mol. The number of carbonyl (C=O) groups excluding carboxylic acids is 1. The van der Waals surface area contributed by atoms with E-state index in [-0.39, 0.29) is 25.1 Å². The van der Waals surface area contributed by atoms with Crippen molar-refractivity contribution in [2.24, 2.45) is 0 Å². The third-order valence-electron chi connectivity index (χ3n) is 4.82. The maximum Gasteiger partial charge on any atom is 0.231 e. The molecule has 3 aromatic rings. The van der Waals surface area contributed by atoms with E-state index in [1.54, 1.807) is 13.3 Å². The van der Waals surface area contributed by atoms with Crippen LogP contribution in [-0.4, -0.2) is 40.2 Å². The first-order chi connectivity index (χ1) is 15.2. The molecule has 1 aliphatic heterocycles. The van der Waals surface area contributed by atoms with Gasteiger partial charge in [-0.05, 0) is 35.4 Å². The maximum atomic E-state index is 12.4. The number of methoxy groups -OCH3 is 1. The SMILES string of the molecule is COc1ccc(Cn2c(CO)cnc2SCC(=O)NCc2ccc3c(c2)OCO3)cc1. The molecule has 2 N–H and O–H groups in total. The number of benzene rings is 2. The zero-order valence-electron chi connectivity index (χ0n) is 17.0. The number of fused-ring (bicyclic) bond motifs is 1. The van der Waals surface area contributed by atoms with Crippen molar-refractivity contribution in [3.05, 3.63) is 65.5 Å². The highest BCUT2D eigenvalue weighted by molar-refractivity contribution is 7.99. The van der Waals surface area contributed by atoms with Crippen LogP contribution in [0.15, 0.2) is 53.8 Å². The van der Waals surface area contributed by atoms with Crippen molar-refractivity contribution in [2.45, 2.75) is 24.9 Å². The average Bonchev–Trinajstić information content (AvgIpc) is 3.43. The number of aliphatic hydroxyl groups excluding tert-OH is 1. The molecule has 1 amide bonds. The lowest BCUT2D eigenvalue weighted by atomic mass is 10.2. The molecule has 2 aromatic carbocycles. The third-order valence-corrected chi connectivity index (χ3v) is 5.81. The van der Waals surface area contributed by atoms with Gasteiger partial charge in [-0.2, -0.15) is 0 Å². The van der Waals surface area contributed by atoms with Crippen LogP contribution in [-0.2, 0) is 24.5 Å². The Labute approximate surface area is 184 Å². The van der Waals surface area contributed by atoms with Crippen LogP contribution in [0.4, 0.5) is 0 Å². The molecule has 0 radical (unpaired) electrons. The van der Waals surface area contributed by atoms with Crippen molar-refractivity contribution in [1.29, 1.82) is 0 Å². The lowest BCUT2D eigenvalue weighted by Crippen LogP contribution is -2.24. The van der Waals surface area contributed by atoms with Crippen LogP contribution >= 0.6 is 11.8 Å². The molecule has 0 spiro atoms. The predicted octanol–water partition coefficient (Wildman–Crippen LogP) is 2.57. The lowest BCUT2D eigenvalue weighted by Gasteiger charge is -2.11. The average molecular weight is 442 g/mol. The van der Waals surface area contributed by atoms with Crippen molar-refractivity contribution < 1.29 is 24.1 Å². The molecule has 1 aliphatic rings. The summed E-state index contributed by atoms with van der Waals surface area (Å²) >= 11 is 1.33. The third kappa shape index (κ3) is 5.12. The minimum Gasteiger partial charge on any atom is -0.497 e. The highest BCUT2D eigenvalue weighted by Crippen LogP contribution is 2.32. The summed E-state index contributed by atoms with van der Waals surface area (Å²) in [6.07, 6.45) is 1.64. The Morgan fingerprint density at radius 2 is 1.97 bits per heavy atom. The first-order valence-electron chi connectivity index (χ1n) is 9.72. The van der Waals surface area contributed by atoms with E-state index < -0.39 is 0 Å². The Morgan fingerprint density at radius 3 is 2.74 bits per heavy atom. The summed E-state index contributed by atoms with van der Waals surface area (Å²) in [6.45, 7) is 1.04. The van der Waals surface area contributed by atoms with Crippen LogP contribution < -0.4 is 19.5 Å². The van der Waals surface area contributed by atoms with Gasteiger partial charge >= 0.3 is 0 Å². The normalized spacial score (nSPS) is 12.1. The van der Waals surface area contributed by atoms with Gasteiger partial charge in [-0.15, -0.1) is 0 Å². The maximum absolute atomic E-state index is 12.4. The molecular formula is C22H23N3O5S. The van der Waals surface area contributed by atoms with E-state index in [0.717, 1.165) is 16.9 Å². The van der Waals surface area contributed by atoms with E-state index in [1.807, 2.05) is 47.0 Å². The lowest BCUT2D eigenvalue weighted by molar-refractivity contribution is -0.118. The van der Waals surface area contributed by atoms with Gasteiger partial charge in [0, 0.05) is 13.1 Å². The van der Waals surface area contributed by atoms with E-state index in [9.17, 15) is 9.90 Å². The van der Waals surface area contributed by atoms with Gasteiger partial charge in [0.25, 0.3) is 0 Å². The van der Waals surface area contributed by atoms with Gasteiger partial charge in [0.15, 0.2) is 16.7 Å². The standard InChI is InChI=1S/C22H23N3O5S/c1-28-18-5-2-15(3-6-18)11-25-17(12-26)10-24-22(25)31-13-21(27)23-9-16-4-7-19-20(8-16)30-14-29-19/h2-8,10,26H,9,11-14H2,1H3,(H,23,27). The van der Waals surface area contributed by atoms with E-state index in [2.05, 4.69) is 10.3 Å². The van der Waals surface area contributed by atoms with Gasteiger partial charge < -0.3 is 29.2 Å². The van der Waals surface area contributed by atoms with Gasteiger partial charge in [0.2, 0.25) is 12.7 Å². The van der Waals surface area contributed by atoms with Gasteiger partial charge in [-0.25, -0.2) is 4.98 Å². The van der Waals surface area contributed by atoms with Crippen LogP contribution in [0.3, 0.4) is 0 Å². The van der Waals surface area contributed by atoms with E-state index in [0.29, 0.717) is 35.4 Å². The molecule has 31 heavy (non-hydrogen) atoms. The Hall–Kier alpha value is -3.17. The number of aromatic nitrogens is 2. The van der Waals surface area contributed by atoms with Gasteiger partial charge in [-0.3, -0.25) is 4.79 Å². The highest BCUT2D eigenvalue weighted by Gasteiger charge is 2.15. The molecule has 9 heteroatoms. The second-order valence-corrected chi connectivity index (χ2v) is 7.82. The molecule has 0 aliphatic carbocycles. The molecule has 0 bridgehead atoms. The summed E-state index contributed by atoms with van der Waals surface area (Å²) < 4.78 is 17.8. The number of thioether (sulfide) groups is 1. The number of nitrogens with one attached hydrogen (secondary N) is 1. The molecule has 0 unspecified atom stereocenters. The second kappa shape index (κ2) is 9.76. The zero-order chi connectivity index (χ0) is 21.6. The molecule has 162 valence electrons. The van der Waals surface area contributed by atoms with Crippen LogP contribution in [0.2, 0.25) is 0 Å². The Morgan fingerprint density at radius 1 is 1.19 bits per heavy atom. The summed E-state index contributed by atoms with van der Waals surface area (Å²) in [5, 5.41) is 13.2. The molecule has 1 aromatic heterocycles. The summed E-state index contributed by atoms with van der Waals surface area (Å²) in [5.41, 5.74) is 2.67. The fraction of sp³-hybridized carbons (Fsp3) is 0.273. The number of aliphatic hydroxyl groups is 1. The van der Waals surface area contributed by atoms with Gasteiger partial charge in [0.1, 0.15) is 5.75 Å². The Bertz CT molecular complexity index is 1050. The van der Waals surface area contributed by atoms with Crippen molar-refractivity contribution in [3.63, 3.8) is 0 Å². The van der Waals surface area contributed by atoms with Gasteiger partial charge in [0.05, 0.1) is 31.4 Å². The molecule has 0 atom stereocenters. The van der Waals surface area contributed by atoms with Crippen molar-refractivity contribution in [2.75, 3.05) is 19.7 Å². The molecular weight excluding hydrogens is 418 g/mol. The van der Waals surface area contributed by atoms with Crippen LogP contribution in [0.1, 0.15) is 16.8 Å². The minimum absolute atomic E-state index is 0.104. The zero-order valence-corrected chi connectivity index (χ0v) is 17.9. The summed E-state index contributed by atoms with van der Waals surface area (Å²) in [6, 6.07) is 13.3. The van der Waals surface area contributed by atoms with Crippen molar-refractivity contribution >= 4 is 17.7 Å². The predicted molar refractivity (Wildman–Crippen MR) is 115 cm³/mol. The Kier molecular flexibility index (Phi) is 6.63. The van der Waals surface area contributed by atoms with Crippen LogP contribution in [0, 0.1) is 0 Å². The number of carbonyl (C=O) groups is 1. The summed E-state index contributed by atoms with van der Waals surface area (Å²) in [4.78, 5) is 16.7. The van der Waals surface area contributed by atoms with E-state index >= 15 is 0 Å². The fourth-order valence-electron chi connectivity index (χ4n) is 3.15. The number of hydrogen-bond donors (Lipinski definition) is 2. The first-order valence-corrected chi connectivity index (χ1v) is 10.7. The summed E-state index contributed by atoms with van der Waals surface area (Å²) in [5.74, 6) is 2.31. The van der Waals surface area contributed by atoms with E-state index in [4.69, 9.17) is 14.2 Å². The molecule has 4 rings (SSSR count). The minimum atomic E-state index is -0.125. The molecule has 0 saturated carbocycles. The van der Waals surface area contributed by atoms with Crippen molar-refractivity contribution in [3.8, 4) is 17.2 Å². The topological polar surface area (TPSA) is 94.8 Å². The second-order valence-electron chi connectivity index (χ2n) is 6.88. The fourth-order valence-corrected chi connectivity index (χ4v) is 3.98. The number of hydrogen-bond acceptors (Lipinski definition) is 7. The van der Waals surface area contributed by atoms with Crippen molar-refractivity contribution in [1.82, 2.24) is 14.9 Å². The molecule has 8 nitrogen and oxygen atoms in total. The Balaban J connectivity index is 1.34. The summed E-state index contributed by atoms with van der Waals surface area (Å²) in [7, 11) is 1.63. The smallest absolute Gasteiger partial charge is 0.231 e. The highest BCUT2D eigenvalue weighted by atomic mass is 32.2. The molecule has 0 fully saturated rings. The first kappa shape index (κ1) is 21.1. The molecule has 0 saturated heterocycles. The van der Waals surface area contributed by atoms with E-state index in [1.165, 1.54) is 11.8 Å². The largest absolute Gasteiger partial charge is 0.497 e. The quantitative estimate of drug-likeness (QED) is 0.493. The molecule has 2 heterocycles. The van der Waals surface area contributed by atoms with Crippen LogP contribution in [0.5, 0.6) is 17.2 Å². The van der Waals surface area contributed by atoms with Crippen LogP contribution in [0.25, 0.3) is 0 Å². The number of nitrogens with zero attached hydrogens (tertiary/aromatic N) is 2. The van der Waals surface area contributed by atoms with Gasteiger partial charge in [-0.1, -0.05) is 30.0 Å². The number of ether oxygens (including phenoxy) is 3. The number of amides is 1. The number of imidazole rings is 1. The number of rotatable bonds is 9.